The van der Waals surface area contributed by atoms with Crippen LogP contribution in [0.5, 0.6) is 0 Å². The number of ether oxygens (including phenoxy) is 2. The van der Waals surface area contributed by atoms with Crippen LogP contribution in [-0.2, 0) is 20.9 Å². The molecular formula is C18H20N2O4. The first-order valence-electron chi connectivity index (χ1n) is 7.64. The number of hydrogen-bond acceptors (Lipinski definition) is 5. The van der Waals surface area contributed by atoms with Gasteiger partial charge in [-0.2, -0.15) is 0 Å². The predicted octanol–water partition coefficient (Wildman–Crippen LogP) is 3.00. The molecule has 1 N–H and O–H groups in total. The number of hydrogen-bond donors (Lipinski definition) is 1. The summed E-state index contributed by atoms with van der Waals surface area (Å²) in [5, 5.41) is 2.55. The molecule has 1 amide bonds. The number of alkyl carbamates (subject to hydrolysis) is 1. The van der Waals surface area contributed by atoms with E-state index in [0.29, 0.717) is 5.56 Å². The lowest BCUT2D eigenvalue weighted by atomic mass is 10.1. The Morgan fingerprint density at radius 3 is 2.38 bits per heavy atom. The van der Waals surface area contributed by atoms with Gasteiger partial charge in [0.25, 0.3) is 0 Å². The van der Waals surface area contributed by atoms with Crippen LogP contribution in [0.2, 0.25) is 0 Å². The minimum atomic E-state index is -0.946. The molecule has 1 aromatic carbocycles. The summed E-state index contributed by atoms with van der Waals surface area (Å²) in [6, 6.07) is 11.6. The first-order chi connectivity index (χ1) is 11.6. The lowest BCUT2D eigenvalue weighted by molar-refractivity contribution is -0.150. The van der Waals surface area contributed by atoms with Crippen molar-refractivity contribution in [2.45, 2.75) is 32.6 Å². The highest BCUT2D eigenvalue weighted by molar-refractivity contribution is 5.82. The van der Waals surface area contributed by atoms with E-state index < -0.39 is 18.1 Å². The van der Waals surface area contributed by atoms with Crippen LogP contribution in [0.15, 0.2) is 54.9 Å². The highest BCUT2D eigenvalue weighted by Crippen LogP contribution is 2.15. The van der Waals surface area contributed by atoms with E-state index in [1.807, 2.05) is 30.3 Å². The molecule has 0 saturated heterocycles. The molecule has 1 unspecified atom stereocenters. The van der Waals surface area contributed by atoms with Gasteiger partial charge in [-0.15, -0.1) is 0 Å². The Labute approximate surface area is 140 Å². The third-order valence-corrected chi connectivity index (χ3v) is 3.10. The molecule has 0 radical (unpaired) electrons. The van der Waals surface area contributed by atoms with Gasteiger partial charge in [-0.1, -0.05) is 30.3 Å². The van der Waals surface area contributed by atoms with Gasteiger partial charge in [-0.05, 0) is 37.1 Å². The number of rotatable bonds is 6. The molecule has 6 nitrogen and oxygen atoms in total. The van der Waals surface area contributed by atoms with Gasteiger partial charge in [0.05, 0.1) is 6.10 Å². The van der Waals surface area contributed by atoms with Gasteiger partial charge in [-0.3, -0.25) is 4.98 Å². The molecular weight excluding hydrogens is 308 g/mol. The quantitative estimate of drug-likeness (QED) is 0.825. The summed E-state index contributed by atoms with van der Waals surface area (Å²) < 4.78 is 10.4. The average Bonchev–Trinajstić information content (AvgIpc) is 2.59. The molecule has 1 aromatic heterocycles. The van der Waals surface area contributed by atoms with Crippen LogP contribution in [0.3, 0.4) is 0 Å². The lowest BCUT2D eigenvalue weighted by Gasteiger charge is -2.19. The maximum Gasteiger partial charge on any atom is 0.408 e. The van der Waals surface area contributed by atoms with Crippen LogP contribution in [0.1, 0.15) is 31.0 Å². The normalized spacial score (nSPS) is 11.6. The van der Waals surface area contributed by atoms with Crippen molar-refractivity contribution in [2.75, 3.05) is 0 Å². The molecule has 0 aliphatic heterocycles. The lowest BCUT2D eigenvalue weighted by Crippen LogP contribution is -2.36. The van der Waals surface area contributed by atoms with E-state index in [-0.39, 0.29) is 12.7 Å². The molecule has 1 heterocycles. The molecule has 0 fully saturated rings. The Morgan fingerprint density at radius 1 is 1.08 bits per heavy atom. The maximum absolute atomic E-state index is 12.3. The van der Waals surface area contributed by atoms with Crippen LogP contribution in [-0.4, -0.2) is 23.2 Å². The summed E-state index contributed by atoms with van der Waals surface area (Å²) in [7, 11) is 0. The summed E-state index contributed by atoms with van der Waals surface area (Å²) in [5.74, 6) is -0.548. The zero-order valence-corrected chi connectivity index (χ0v) is 13.6. The minimum Gasteiger partial charge on any atom is -0.461 e. The molecule has 0 saturated carbocycles. The number of aromatic nitrogens is 1. The van der Waals surface area contributed by atoms with E-state index in [1.165, 1.54) is 0 Å². The van der Waals surface area contributed by atoms with Crippen molar-refractivity contribution in [1.82, 2.24) is 10.3 Å². The van der Waals surface area contributed by atoms with Crippen molar-refractivity contribution in [3.63, 3.8) is 0 Å². The molecule has 2 rings (SSSR count). The second-order valence-electron chi connectivity index (χ2n) is 5.41. The molecule has 0 aliphatic carbocycles. The zero-order chi connectivity index (χ0) is 17.4. The summed E-state index contributed by atoms with van der Waals surface area (Å²) >= 11 is 0. The number of benzene rings is 1. The number of nitrogens with zero attached hydrogens (tertiary/aromatic N) is 1. The molecule has 126 valence electrons. The van der Waals surface area contributed by atoms with E-state index in [1.54, 1.807) is 38.4 Å². The van der Waals surface area contributed by atoms with Crippen molar-refractivity contribution >= 4 is 12.1 Å². The Hall–Kier alpha value is -2.89. The summed E-state index contributed by atoms with van der Waals surface area (Å²) in [4.78, 5) is 28.2. The number of carbonyl (C=O) groups is 2. The standard InChI is InChI=1S/C18H20N2O4/c1-13(2)24-17(21)16(15-8-10-19-11-9-15)20-18(22)23-12-14-6-4-3-5-7-14/h3-11,13,16H,12H2,1-2H3,(H,20,22). The van der Waals surface area contributed by atoms with Crippen molar-refractivity contribution in [1.29, 1.82) is 0 Å². The van der Waals surface area contributed by atoms with Crippen LogP contribution in [0.4, 0.5) is 4.79 Å². The molecule has 6 heteroatoms. The number of esters is 1. The first-order valence-corrected chi connectivity index (χ1v) is 7.64. The van der Waals surface area contributed by atoms with Gasteiger partial charge in [0.1, 0.15) is 6.61 Å². The third-order valence-electron chi connectivity index (χ3n) is 3.10. The molecule has 2 aromatic rings. The van der Waals surface area contributed by atoms with Crippen molar-refractivity contribution in [2.24, 2.45) is 0 Å². The second-order valence-corrected chi connectivity index (χ2v) is 5.41. The number of carbonyl (C=O) groups excluding carboxylic acids is 2. The third kappa shape index (κ3) is 5.39. The minimum absolute atomic E-state index is 0.120. The fourth-order valence-electron chi connectivity index (χ4n) is 2.02. The van der Waals surface area contributed by atoms with Crippen molar-refractivity contribution in [3.05, 3.63) is 66.0 Å². The Bertz CT molecular complexity index is 659. The molecule has 0 spiro atoms. The summed E-state index contributed by atoms with van der Waals surface area (Å²) in [5.41, 5.74) is 1.44. The van der Waals surface area contributed by atoms with E-state index in [9.17, 15) is 9.59 Å². The van der Waals surface area contributed by atoms with Gasteiger partial charge in [0, 0.05) is 12.4 Å². The average molecular weight is 328 g/mol. The van der Waals surface area contributed by atoms with Gasteiger partial charge in [0.2, 0.25) is 0 Å². The van der Waals surface area contributed by atoms with E-state index in [2.05, 4.69) is 10.3 Å². The smallest absolute Gasteiger partial charge is 0.408 e. The van der Waals surface area contributed by atoms with Crippen LogP contribution in [0.25, 0.3) is 0 Å². The first kappa shape index (κ1) is 17.5. The number of nitrogens with one attached hydrogen (secondary N) is 1. The summed E-state index contributed by atoms with van der Waals surface area (Å²) in [6.45, 7) is 3.61. The van der Waals surface area contributed by atoms with Gasteiger partial charge in [-0.25, -0.2) is 9.59 Å². The molecule has 1 atom stereocenters. The second kappa shape index (κ2) is 8.67. The van der Waals surface area contributed by atoms with Crippen molar-refractivity contribution < 1.29 is 19.1 Å². The van der Waals surface area contributed by atoms with E-state index in [0.717, 1.165) is 5.56 Å². The summed E-state index contributed by atoms with van der Waals surface area (Å²) in [6.07, 6.45) is 2.11. The fourth-order valence-corrected chi connectivity index (χ4v) is 2.02. The van der Waals surface area contributed by atoms with Gasteiger partial charge >= 0.3 is 12.1 Å². The highest BCUT2D eigenvalue weighted by atomic mass is 16.6. The number of pyridine rings is 1. The van der Waals surface area contributed by atoms with Crippen molar-refractivity contribution in [3.8, 4) is 0 Å². The topological polar surface area (TPSA) is 77.5 Å². The Balaban J connectivity index is 2.02. The van der Waals surface area contributed by atoms with E-state index in [4.69, 9.17) is 9.47 Å². The Morgan fingerprint density at radius 2 is 1.75 bits per heavy atom. The SMILES string of the molecule is CC(C)OC(=O)C(NC(=O)OCc1ccccc1)c1ccncc1. The zero-order valence-electron chi connectivity index (χ0n) is 13.6. The van der Waals surface area contributed by atoms with Gasteiger partial charge in [0.15, 0.2) is 6.04 Å². The van der Waals surface area contributed by atoms with E-state index >= 15 is 0 Å². The Kier molecular flexibility index (Phi) is 6.31. The van der Waals surface area contributed by atoms with Gasteiger partial charge < -0.3 is 14.8 Å². The monoisotopic (exact) mass is 328 g/mol. The number of amides is 1. The molecule has 24 heavy (non-hydrogen) atoms. The molecule has 0 bridgehead atoms. The fraction of sp³-hybridized carbons (Fsp3) is 0.278. The maximum atomic E-state index is 12.3. The molecule has 0 aliphatic rings. The highest BCUT2D eigenvalue weighted by Gasteiger charge is 2.25. The van der Waals surface area contributed by atoms with Crippen LogP contribution in [0, 0.1) is 0 Å². The largest absolute Gasteiger partial charge is 0.461 e. The van der Waals surface area contributed by atoms with Crippen LogP contribution >= 0.6 is 0 Å². The predicted molar refractivity (Wildman–Crippen MR) is 88.0 cm³/mol. The van der Waals surface area contributed by atoms with Crippen LogP contribution < -0.4 is 5.32 Å².